The Morgan fingerprint density at radius 3 is 2.45 bits per heavy atom. The van der Waals surface area contributed by atoms with Crippen LogP contribution >= 0.6 is 0 Å². The predicted octanol–water partition coefficient (Wildman–Crippen LogP) is 4.89. The highest BCUT2D eigenvalue weighted by Crippen LogP contribution is 2.25. The van der Waals surface area contributed by atoms with Crippen LogP contribution in [0.15, 0.2) is 55.8 Å². The van der Waals surface area contributed by atoms with E-state index in [0.29, 0.717) is 0 Å². The van der Waals surface area contributed by atoms with Gasteiger partial charge in [-0.1, -0.05) is 30.9 Å². The SMILES string of the molecule is C=CCCCN(C)c1ccc(C(=C)N2CCN(c3ncc(C)cc3C)CC2)cc1. The van der Waals surface area contributed by atoms with Gasteiger partial charge in [0.15, 0.2) is 0 Å². The number of hydrogen-bond donors (Lipinski definition) is 0. The van der Waals surface area contributed by atoms with Crippen LogP contribution in [0.4, 0.5) is 11.5 Å². The third kappa shape index (κ3) is 5.20. The number of benzene rings is 1. The van der Waals surface area contributed by atoms with Gasteiger partial charge in [-0.3, -0.25) is 0 Å². The molecule has 0 aliphatic carbocycles. The first-order valence-corrected chi connectivity index (χ1v) is 10.5. The number of unbranched alkanes of at least 4 members (excludes halogenated alkanes) is 1. The molecule has 0 bridgehead atoms. The van der Waals surface area contributed by atoms with E-state index >= 15 is 0 Å². The number of hydrogen-bond acceptors (Lipinski definition) is 4. The molecule has 3 rings (SSSR count). The van der Waals surface area contributed by atoms with E-state index in [1.165, 1.54) is 22.4 Å². The van der Waals surface area contributed by atoms with Gasteiger partial charge in [0.05, 0.1) is 0 Å². The Kier molecular flexibility index (Phi) is 6.97. The fourth-order valence-electron chi connectivity index (χ4n) is 3.92. The van der Waals surface area contributed by atoms with Gasteiger partial charge in [-0.25, -0.2) is 4.98 Å². The maximum atomic E-state index is 4.66. The summed E-state index contributed by atoms with van der Waals surface area (Å²) in [7, 11) is 2.15. The van der Waals surface area contributed by atoms with Gasteiger partial charge in [-0.15, -0.1) is 6.58 Å². The molecule has 0 amide bonds. The first kappa shape index (κ1) is 21.0. The van der Waals surface area contributed by atoms with E-state index in [4.69, 9.17) is 0 Å². The van der Waals surface area contributed by atoms with Crippen LogP contribution in [0.1, 0.15) is 29.5 Å². The first-order valence-electron chi connectivity index (χ1n) is 10.5. The van der Waals surface area contributed by atoms with Crippen LogP contribution in [0, 0.1) is 13.8 Å². The second-order valence-corrected chi connectivity index (χ2v) is 7.97. The van der Waals surface area contributed by atoms with Crippen molar-refractivity contribution in [2.75, 3.05) is 49.6 Å². The lowest BCUT2D eigenvalue weighted by Gasteiger charge is -2.38. The lowest BCUT2D eigenvalue weighted by atomic mass is 10.1. The van der Waals surface area contributed by atoms with Crippen molar-refractivity contribution < 1.29 is 0 Å². The zero-order chi connectivity index (χ0) is 20.8. The van der Waals surface area contributed by atoms with Crippen molar-refractivity contribution in [3.63, 3.8) is 0 Å². The maximum absolute atomic E-state index is 4.66. The van der Waals surface area contributed by atoms with Crippen LogP contribution in [0.2, 0.25) is 0 Å². The van der Waals surface area contributed by atoms with Crippen molar-refractivity contribution in [2.45, 2.75) is 26.7 Å². The molecule has 0 saturated carbocycles. The Morgan fingerprint density at radius 2 is 1.83 bits per heavy atom. The van der Waals surface area contributed by atoms with E-state index in [1.807, 2.05) is 12.3 Å². The number of aromatic nitrogens is 1. The Hall–Kier alpha value is -2.75. The van der Waals surface area contributed by atoms with Crippen LogP contribution in [0.5, 0.6) is 0 Å². The molecule has 0 radical (unpaired) electrons. The molecule has 1 saturated heterocycles. The molecule has 1 aliphatic heterocycles. The molecule has 4 nitrogen and oxygen atoms in total. The number of nitrogens with zero attached hydrogens (tertiary/aromatic N) is 4. The van der Waals surface area contributed by atoms with Crippen LogP contribution < -0.4 is 9.80 Å². The molecule has 0 atom stereocenters. The molecule has 4 heteroatoms. The zero-order valence-corrected chi connectivity index (χ0v) is 18.2. The summed E-state index contributed by atoms with van der Waals surface area (Å²) in [6.07, 6.45) is 6.14. The molecule has 154 valence electrons. The Labute approximate surface area is 176 Å². The van der Waals surface area contributed by atoms with Gasteiger partial charge in [0, 0.05) is 57.4 Å². The monoisotopic (exact) mass is 390 g/mol. The van der Waals surface area contributed by atoms with E-state index in [0.717, 1.165) is 57.1 Å². The Balaban J connectivity index is 1.57. The molecule has 0 spiro atoms. The summed E-state index contributed by atoms with van der Waals surface area (Å²) in [4.78, 5) is 11.7. The number of pyridine rings is 1. The second kappa shape index (κ2) is 9.64. The van der Waals surface area contributed by atoms with Gasteiger partial charge < -0.3 is 14.7 Å². The number of allylic oxidation sites excluding steroid dienone is 1. The van der Waals surface area contributed by atoms with E-state index in [1.54, 1.807) is 0 Å². The molecule has 1 aliphatic rings. The summed E-state index contributed by atoms with van der Waals surface area (Å²) in [5.74, 6) is 1.12. The number of rotatable bonds is 8. The summed E-state index contributed by atoms with van der Waals surface area (Å²) in [5.41, 5.74) is 6.03. The van der Waals surface area contributed by atoms with Crippen molar-refractivity contribution >= 4 is 17.2 Å². The van der Waals surface area contributed by atoms with Crippen LogP contribution in [0.25, 0.3) is 5.70 Å². The predicted molar refractivity (Wildman–Crippen MR) is 126 cm³/mol. The molecular weight excluding hydrogens is 356 g/mol. The van der Waals surface area contributed by atoms with E-state index in [-0.39, 0.29) is 0 Å². The molecule has 0 unspecified atom stereocenters. The summed E-state index contributed by atoms with van der Waals surface area (Å²) < 4.78 is 0. The molecule has 2 heterocycles. The van der Waals surface area contributed by atoms with Crippen LogP contribution in [-0.4, -0.2) is 49.7 Å². The molecule has 1 fully saturated rings. The molecule has 1 aromatic heterocycles. The molecular formula is C25H34N4. The third-order valence-corrected chi connectivity index (χ3v) is 5.69. The van der Waals surface area contributed by atoms with E-state index < -0.39 is 0 Å². The second-order valence-electron chi connectivity index (χ2n) is 7.97. The number of aryl methyl sites for hydroxylation is 2. The van der Waals surface area contributed by atoms with Gasteiger partial charge in [-0.05, 0) is 55.5 Å². The summed E-state index contributed by atoms with van der Waals surface area (Å²) >= 11 is 0. The molecule has 1 aromatic carbocycles. The topological polar surface area (TPSA) is 22.6 Å². The van der Waals surface area contributed by atoms with Crippen molar-refractivity contribution in [1.29, 1.82) is 0 Å². The minimum absolute atomic E-state index is 0.969. The lowest BCUT2D eigenvalue weighted by Crippen LogP contribution is -2.45. The van der Waals surface area contributed by atoms with Gasteiger partial charge in [-0.2, -0.15) is 0 Å². The smallest absolute Gasteiger partial charge is 0.131 e. The normalized spacial score (nSPS) is 14.0. The van der Waals surface area contributed by atoms with Gasteiger partial charge in [0.1, 0.15) is 5.82 Å². The minimum atomic E-state index is 0.969. The Bertz CT molecular complexity index is 832. The highest BCUT2D eigenvalue weighted by atomic mass is 15.3. The fraction of sp³-hybridized carbons (Fsp3) is 0.400. The standard InChI is InChI=1S/C25H34N4/c1-6-7-8-13-27(5)24-11-9-23(10-12-24)22(4)28-14-16-29(17-15-28)25-21(3)18-20(2)19-26-25/h6,9-12,18-19H,1,4,7-8,13-17H2,2-3,5H3. The number of piperazine rings is 1. The van der Waals surface area contributed by atoms with Crippen molar-refractivity contribution in [1.82, 2.24) is 9.88 Å². The quantitative estimate of drug-likeness (QED) is 0.473. The average Bonchev–Trinajstić information content (AvgIpc) is 2.74. The maximum Gasteiger partial charge on any atom is 0.131 e. The number of anilines is 2. The highest BCUT2D eigenvalue weighted by molar-refractivity contribution is 5.65. The molecule has 2 aromatic rings. The fourth-order valence-corrected chi connectivity index (χ4v) is 3.92. The van der Waals surface area contributed by atoms with Gasteiger partial charge in [0.25, 0.3) is 0 Å². The van der Waals surface area contributed by atoms with E-state index in [2.05, 4.69) is 84.1 Å². The summed E-state index contributed by atoms with van der Waals surface area (Å²) in [5, 5.41) is 0. The highest BCUT2D eigenvalue weighted by Gasteiger charge is 2.20. The largest absolute Gasteiger partial charge is 0.375 e. The first-order chi connectivity index (χ1) is 14.0. The summed E-state index contributed by atoms with van der Waals surface area (Å²) in [6, 6.07) is 11.0. The molecule has 0 N–H and O–H groups in total. The van der Waals surface area contributed by atoms with Crippen molar-refractivity contribution in [3.8, 4) is 0 Å². The average molecular weight is 391 g/mol. The summed E-state index contributed by atoms with van der Waals surface area (Å²) in [6.45, 7) is 17.3. The van der Waals surface area contributed by atoms with Crippen LogP contribution in [0.3, 0.4) is 0 Å². The third-order valence-electron chi connectivity index (χ3n) is 5.69. The zero-order valence-electron chi connectivity index (χ0n) is 18.2. The van der Waals surface area contributed by atoms with Gasteiger partial charge >= 0.3 is 0 Å². The van der Waals surface area contributed by atoms with Crippen LogP contribution in [-0.2, 0) is 0 Å². The minimum Gasteiger partial charge on any atom is -0.375 e. The lowest BCUT2D eigenvalue weighted by molar-refractivity contribution is 0.367. The molecule has 29 heavy (non-hydrogen) atoms. The van der Waals surface area contributed by atoms with E-state index in [9.17, 15) is 0 Å². The van der Waals surface area contributed by atoms with Gasteiger partial charge in [0.2, 0.25) is 0 Å². The van der Waals surface area contributed by atoms with Crippen molar-refractivity contribution in [2.24, 2.45) is 0 Å². The Morgan fingerprint density at radius 1 is 1.14 bits per heavy atom. The van der Waals surface area contributed by atoms with Crippen molar-refractivity contribution in [3.05, 3.63) is 72.5 Å².